The van der Waals surface area contributed by atoms with E-state index in [1.54, 1.807) is 21.3 Å². The van der Waals surface area contributed by atoms with Crippen molar-refractivity contribution in [2.45, 2.75) is 25.7 Å². The molecular weight excluding hydrogens is 448 g/mol. The summed E-state index contributed by atoms with van der Waals surface area (Å²) in [6.07, 6.45) is 1.18. The first kappa shape index (κ1) is 24.2. The fourth-order valence-corrected chi connectivity index (χ4v) is 5.30. The average molecular weight is 483 g/mol. The van der Waals surface area contributed by atoms with Gasteiger partial charge in [0.2, 0.25) is 0 Å². The van der Waals surface area contributed by atoms with E-state index in [1.165, 1.54) is 27.5 Å². The minimum atomic E-state index is 0.0732. The van der Waals surface area contributed by atoms with E-state index in [1.807, 2.05) is 24.3 Å². The van der Waals surface area contributed by atoms with E-state index in [0.717, 1.165) is 49.8 Å². The summed E-state index contributed by atoms with van der Waals surface area (Å²) in [5.41, 5.74) is 3.77. The molecule has 1 saturated heterocycles. The van der Waals surface area contributed by atoms with Crippen LogP contribution in [0.5, 0.6) is 17.2 Å². The fourth-order valence-electron chi connectivity index (χ4n) is 5.30. The molecule has 0 spiro atoms. The van der Waals surface area contributed by atoms with Gasteiger partial charge in [0.05, 0.1) is 27.5 Å². The zero-order valence-corrected chi connectivity index (χ0v) is 21.3. The van der Waals surface area contributed by atoms with E-state index in [4.69, 9.17) is 14.2 Å². The fraction of sp³-hybridized carbons (Fsp3) is 0.290. The minimum Gasteiger partial charge on any atom is -0.497 e. The van der Waals surface area contributed by atoms with Crippen molar-refractivity contribution in [2.75, 3.05) is 34.4 Å². The highest BCUT2D eigenvalue weighted by molar-refractivity contribution is 5.88. The van der Waals surface area contributed by atoms with Crippen LogP contribution >= 0.6 is 0 Å². The highest BCUT2D eigenvalue weighted by Gasteiger charge is 2.34. The molecule has 5 rings (SSSR count). The molecule has 1 fully saturated rings. The van der Waals surface area contributed by atoms with Crippen molar-refractivity contribution in [1.82, 2.24) is 9.80 Å². The zero-order chi connectivity index (χ0) is 24.9. The van der Waals surface area contributed by atoms with Crippen molar-refractivity contribution < 1.29 is 14.2 Å². The summed E-state index contributed by atoms with van der Waals surface area (Å²) in [6.45, 7) is 3.73. The standard InChI is InChI=1S/C31H34N2O3/c1-34-26-14-9-23(10-15-26)21-32-19-6-20-33(22-24-11-16-27(35-2)17-12-24)31(32)30-28-8-5-4-7-25(28)13-18-29(30)36-3/h4-5,7-18,31H,6,19-22H2,1-3H3. The Bertz CT molecular complexity index is 1230. The first-order chi connectivity index (χ1) is 17.7. The highest BCUT2D eigenvalue weighted by atomic mass is 16.5. The van der Waals surface area contributed by atoms with Gasteiger partial charge in [-0.25, -0.2) is 0 Å². The Morgan fingerprint density at radius 2 is 1.19 bits per heavy atom. The molecule has 5 heteroatoms. The number of nitrogens with zero attached hydrogens (tertiary/aromatic N) is 2. The molecule has 0 radical (unpaired) electrons. The van der Waals surface area contributed by atoms with Crippen LogP contribution in [0.3, 0.4) is 0 Å². The van der Waals surface area contributed by atoms with Gasteiger partial charge in [0.15, 0.2) is 0 Å². The number of hydrogen-bond donors (Lipinski definition) is 0. The third-order valence-electron chi connectivity index (χ3n) is 7.08. The van der Waals surface area contributed by atoms with E-state index >= 15 is 0 Å². The lowest BCUT2D eigenvalue weighted by Gasteiger charge is -2.45. The molecule has 1 aliphatic rings. The molecule has 4 aromatic carbocycles. The molecule has 36 heavy (non-hydrogen) atoms. The van der Waals surface area contributed by atoms with Crippen LogP contribution < -0.4 is 14.2 Å². The van der Waals surface area contributed by atoms with Crippen LogP contribution in [0.25, 0.3) is 10.8 Å². The summed E-state index contributed by atoms with van der Waals surface area (Å²) in [4.78, 5) is 5.16. The summed E-state index contributed by atoms with van der Waals surface area (Å²) in [5, 5.41) is 2.47. The van der Waals surface area contributed by atoms with Crippen molar-refractivity contribution in [3.63, 3.8) is 0 Å². The maximum atomic E-state index is 5.98. The lowest BCUT2D eigenvalue weighted by molar-refractivity contribution is -0.00942. The van der Waals surface area contributed by atoms with Gasteiger partial charge in [-0.15, -0.1) is 0 Å². The van der Waals surface area contributed by atoms with Gasteiger partial charge in [-0.2, -0.15) is 0 Å². The maximum absolute atomic E-state index is 5.98. The Morgan fingerprint density at radius 1 is 0.639 bits per heavy atom. The molecule has 0 atom stereocenters. The van der Waals surface area contributed by atoms with Crippen molar-refractivity contribution in [1.29, 1.82) is 0 Å². The lowest BCUT2D eigenvalue weighted by Crippen LogP contribution is -2.47. The molecule has 0 saturated carbocycles. The monoisotopic (exact) mass is 482 g/mol. The van der Waals surface area contributed by atoms with E-state index in [2.05, 4.69) is 70.5 Å². The van der Waals surface area contributed by atoms with Crippen LogP contribution in [0.2, 0.25) is 0 Å². The largest absolute Gasteiger partial charge is 0.497 e. The predicted molar refractivity (Wildman–Crippen MR) is 145 cm³/mol. The summed E-state index contributed by atoms with van der Waals surface area (Å²) in [7, 11) is 5.19. The second-order valence-corrected chi connectivity index (χ2v) is 9.27. The highest BCUT2D eigenvalue weighted by Crippen LogP contribution is 2.41. The van der Waals surface area contributed by atoms with Crippen LogP contribution in [-0.2, 0) is 13.1 Å². The van der Waals surface area contributed by atoms with Crippen LogP contribution in [0.4, 0.5) is 0 Å². The quantitative estimate of drug-likeness (QED) is 0.296. The molecule has 0 bridgehead atoms. The molecule has 5 nitrogen and oxygen atoms in total. The third-order valence-corrected chi connectivity index (χ3v) is 7.08. The van der Waals surface area contributed by atoms with E-state index in [0.29, 0.717) is 0 Å². The van der Waals surface area contributed by atoms with Crippen LogP contribution in [0.1, 0.15) is 29.3 Å². The lowest BCUT2D eigenvalue weighted by atomic mass is 9.97. The van der Waals surface area contributed by atoms with Gasteiger partial charge in [0.1, 0.15) is 17.2 Å². The molecule has 1 heterocycles. The second-order valence-electron chi connectivity index (χ2n) is 9.27. The number of benzene rings is 4. The zero-order valence-electron chi connectivity index (χ0n) is 21.3. The summed E-state index contributed by atoms with van der Waals surface area (Å²) < 4.78 is 16.7. The van der Waals surface area contributed by atoms with Crippen LogP contribution in [0, 0.1) is 0 Å². The first-order valence-corrected chi connectivity index (χ1v) is 12.5. The molecule has 186 valence electrons. The van der Waals surface area contributed by atoms with Gasteiger partial charge in [-0.05, 0) is 58.7 Å². The van der Waals surface area contributed by atoms with Crippen LogP contribution in [0.15, 0.2) is 84.9 Å². The molecule has 0 aromatic heterocycles. The third kappa shape index (κ3) is 5.03. The van der Waals surface area contributed by atoms with E-state index < -0.39 is 0 Å². The summed E-state index contributed by atoms with van der Waals surface area (Å²) >= 11 is 0. The predicted octanol–water partition coefficient (Wildman–Crippen LogP) is 6.27. The van der Waals surface area contributed by atoms with Gasteiger partial charge in [0, 0.05) is 31.7 Å². The average Bonchev–Trinajstić information content (AvgIpc) is 2.93. The minimum absolute atomic E-state index is 0.0732. The van der Waals surface area contributed by atoms with Gasteiger partial charge in [-0.1, -0.05) is 54.6 Å². The van der Waals surface area contributed by atoms with E-state index in [9.17, 15) is 0 Å². The van der Waals surface area contributed by atoms with Gasteiger partial charge < -0.3 is 14.2 Å². The number of fused-ring (bicyclic) bond motifs is 1. The summed E-state index contributed by atoms with van der Waals surface area (Å²) in [6, 6.07) is 29.7. The first-order valence-electron chi connectivity index (χ1n) is 12.5. The summed E-state index contributed by atoms with van der Waals surface area (Å²) in [5.74, 6) is 2.69. The Balaban J connectivity index is 1.57. The SMILES string of the molecule is COc1ccc(CN2CCCN(Cc3ccc(OC)cc3)C2c2c(OC)ccc3ccccc23)cc1. The molecule has 0 unspecified atom stereocenters. The number of ether oxygens (including phenoxy) is 3. The Hall–Kier alpha value is -3.54. The number of methoxy groups -OCH3 is 3. The molecule has 0 amide bonds. The van der Waals surface area contributed by atoms with Crippen LogP contribution in [-0.4, -0.2) is 44.2 Å². The Kier molecular flexibility index (Phi) is 7.40. The second kappa shape index (κ2) is 11.0. The van der Waals surface area contributed by atoms with Crippen molar-refractivity contribution >= 4 is 10.8 Å². The topological polar surface area (TPSA) is 34.2 Å². The number of rotatable bonds is 8. The van der Waals surface area contributed by atoms with Crippen molar-refractivity contribution in [3.05, 3.63) is 102 Å². The molecule has 0 N–H and O–H groups in total. The maximum Gasteiger partial charge on any atom is 0.125 e. The normalized spacial score (nSPS) is 15.2. The molecule has 1 aliphatic heterocycles. The van der Waals surface area contributed by atoms with Gasteiger partial charge >= 0.3 is 0 Å². The van der Waals surface area contributed by atoms with Gasteiger partial charge in [-0.3, -0.25) is 9.80 Å². The van der Waals surface area contributed by atoms with E-state index in [-0.39, 0.29) is 6.17 Å². The Morgan fingerprint density at radius 3 is 1.72 bits per heavy atom. The van der Waals surface area contributed by atoms with Crippen molar-refractivity contribution in [3.8, 4) is 17.2 Å². The van der Waals surface area contributed by atoms with Gasteiger partial charge in [0.25, 0.3) is 0 Å². The smallest absolute Gasteiger partial charge is 0.125 e. The molecule has 0 aliphatic carbocycles. The molecular formula is C31H34N2O3. The number of hydrogen-bond acceptors (Lipinski definition) is 5. The Labute approximate surface area is 213 Å². The molecule has 4 aromatic rings. The van der Waals surface area contributed by atoms with Crippen molar-refractivity contribution in [2.24, 2.45) is 0 Å².